The van der Waals surface area contributed by atoms with Crippen LogP contribution in [0, 0.1) is 17.8 Å². The lowest BCUT2D eigenvalue weighted by molar-refractivity contribution is 0.0486. The molecule has 2 heteroatoms. The van der Waals surface area contributed by atoms with E-state index < -0.39 is 0 Å². The van der Waals surface area contributed by atoms with Crippen LogP contribution in [0.4, 0.5) is 0 Å². The fourth-order valence-corrected chi connectivity index (χ4v) is 3.07. The Kier molecular flexibility index (Phi) is 4.26. The quantitative estimate of drug-likeness (QED) is 0.794. The first-order chi connectivity index (χ1) is 7.66. The Balaban J connectivity index is 1.66. The first-order valence-corrected chi connectivity index (χ1v) is 7.00. The maximum atomic E-state index is 5.42. The van der Waals surface area contributed by atoms with E-state index in [2.05, 4.69) is 26.1 Å². The molecule has 94 valence electrons. The zero-order valence-corrected chi connectivity index (χ0v) is 11.0. The third-order valence-corrected chi connectivity index (χ3v) is 4.59. The van der Waals surface area contributed by atoms with Crippen LogP contribution in [-0.4, -0.2) is 25.3 Å². The van der Waals surface area contributed by atoms with Gasteiger partial charge in [-0.25, -0.2) is 0 Å². The van der Waals surface area contributed by atoms with Crippen LogP contribution in [-0.2, 0) is 4.74 Å². The van der Waals surface area contributed by atoms with Gasteiger partial charge < -0.3 is 10.1 Å². The van der Waals surface area contributed by atoms with E-state index in [1.807, 2.05) is 0 Å². The SMILES string of the molecule is CC(C)C1CC(NC(C)C2CCOCC2)C1. The van der Waals surface area contributed by atoms with Crippen LogP contribution in [0.5, 0.6) is 0 Å². The molecular weight excluding hydrogens is 198 g/mol. The Bertz CT molecular complexity index is 205. The van der Waals surface area contributed by atoms with Crippen molar-refractivity contribution in [2.45, 2.75) is 58.5 Å². The second kappa shape index (κ2) is 5.50. The van der Waals surface area contributed by atoms with Crippen molar-refractivity contribution in [1.29, 1.82) is 0 Å². The average Bonchev–Trinajstić information content (AvgIpc) is 2.23. The molecule has 1 heterocycles. The van der Waals surface area contributed by atoms with Crippen LogP contribution >= 0.6 is 0 Å². The van der Waals surface area contributed by atoms with Crippen molar-refractivity contribution in [3.63, 3.8) is 0 Å². The molecular formula is C14H27NO. The van der Waals surface area contributed by atoms with Crippen molar-refractivity contribution < 1.29 is 4.74 Å². The van der Waals surface area contributed by atoms with Gasteiger partial charge in [-0.2, -0.15) is 0 Å². The largest absolute Gasteiger partial charge is 0.381 e. The van der Waals surface area contributed by atoms with E-state index in [0.29, 0.717) is 6.04 Å². The maximum Gasteiger partial charge on any atom is 0.0469 e. The first kappa shape index (κ1) is 12.4. The normalized spacial score (nSPS) is 33.8. The fraction of sp³-hybridized carbons (Fsp3) is 1.00. The highest BCUT2D eigenvalue weighted by molar-refractivity contribution is 4.89. The molecule has 0 spiro atoms. The van der Waals surface area contributed by atoms with Gasteiger partial charge in [-0.05, 0) is 50.4 Å². The predicted octanol–water partition coefficient (Wildman–Crippen LogP) is 2.83. The highest BCUT2D eigenvalue weighted by Gasteiger charge is 2.33. The molecule has 1 aliphatic heterocycles. The summed E-state index contributed by atoms with van der Waals surface area (Å²) in [5.41, 5.74) is 0. The van der Waals surface area contributed by atoms with Crippen LogP contribution < -0.4 is 5.32 Å². The summed E-state index contributed by atoms with van der Waals surface area (Å²) in [6, 6.07) is 1.48. The van der Waals surface area contributed by atoms with Gasteiger partial charge in [0.15, 0.2) is 0 Å². The third-order valence-electron chi connectivity index (χ3n) is 4.59. The molecule has 0 aromatic heterocycles. The molecule has 1 N–H and O–H groups in total. The van der Waals surface area contributed by atoms with E-state index in [4.69, 9.17) is 4.74 Å². The van der Waals surface area contributed by atoms with Crippen LogP contribution in [0.3, 0.4) is 0 Å². The molecule has 0 aromatic carbocycles. The standard InChI is InChI=1S/C14H27NO/c1-10(2)13-8-14(9-13)15-11(3)12-4-6-16-7-5-12/h10-15H,4-9H2,1-3H3. The Labute approximate surface area is 100 Å². The number of hydrogen-bond acceptors (Lipinski definition) is 2. The lowest BCUT2D eigenvalue weighted by Gasteiger charge is -2.42. The summed E-state index contributed by atoms with van der Waals surface area (Å²) in [5, 5.41) is 3.82. The Hall–Kier alpha value is -0.0800. The summed E-state index contributed by atoms with van der Waals surface area (Å²) < 4.78 is 5.42. The lowest BCUT2D eigenvalue weighted by atomic mass is 9.73. The summed E-state index contributed by atoms with van der Waals surface area (Å²) in [5.74, 6) is 2.68. The molecule has 1 saturated carbocycles. The van der Waals surface area contributed by atoms with Gasteiger partial charge in [-0.1, -0.05) is 13.8 Å². The Morgan fingerprint density at radius 2 is 1.62 bits per heavy atom. The molecule has 16 heavy (non-hydrogen) atoms. The molecule has 2 rings (SSSR count). The first-order valence-electron chi connectivity index (χ1n) is 7.00. The van der Waals surface area contributed by atoms with Crippen LogP contribution in [0.1, 0.15) is 46.5 Å². The zero-order chi connectivity index (χ0) is 11.5. The van der Waals surface area contributed by atoms with Gasteiger partial charge >= 0.3 is 0 Å². The zero-order valence-electron chi connectivity index (χ0n) is 11.0. The molecule has 1 unspecified atom stereocenters. The fourth-order valence-electron chi connectivity index (χ4n) is 3.07. The van der Waals surface area contributed by atoms with Crippen molar-refractivity contribution in [1.82, 2.24) is 5.32 Å². The molecule has 1 atom stereocenters. The van der Waals surface area contributed by atoms with E-state index in [-0.39, 0.29) is 0 Å². The summed E-state index contributed by atoms with van der Waals surface area (Å²) in [6.45, 7) is 9.00. The summed E-state index contributed by atoms with van der Waals surface area (Å²) in [4.78, 5) is 0. The van der Waals surface area contributed by atoms with Crippen molar-refractivity contribution in [3.05, 3.63) is 0 Å². The summed E-state index contributed by atoms with van der Waals surface area (Å²) in [6.07, 6.45) is 5.28. The lowest BCUT2D eigenvalue weighted by Crippen LogP contribution is -2.49. The summed E-state index contributed by atoms with van der Waals surface area (Å²) >= 11 is 0. The minimum atomic E-state index is 0.682. The number of rotatable bonds is 4. The topological polar surface area (TPSA) is 21.3 Å². The Morgan fingerprint density at radius 1 is 1.00 bits per heavy atom. The van der Waals surface area contributed by atoms with Gasteiger partial charge in [0, 0.05) is 25.3 Å². The predicted molar refractivity (Wildman–Crippen MR) is 67.5 cm³/mol. The molecule has 1 saturated heterocycles. The monoisotopic (exact) mass is 225 g/mol. The molecule has 1 aliphatic carbocycles. The highest BCUT2D eigenvalue weighted by atomic mass is 16.5. The van der Waals surface area contributed by atoms with Crippen LogP contribution in [0.2, 0.25) is 0 Å². The van der Waals surface area contributed by atoms with Gasteiger partial charge in [0.25, 0.3) is 0 Å². The minimum absolute atomic E-state index is 0.682. The maximum absolute atomic E-state index is 5.42. The number of ether oxygens (including phenoxy) is 1. The van der Waals surface area contributed by atoms with Crippen molar-refractivity contribution in [2.24, 2.45) is 17.8 Å². The van der Waals surface area contributed by atoms with Gasteiger partial charge in [0.1, 0.15) is 0 Å². The van der Waals surface area contributed by atoms with Crippen molar-refractivity contribution in [3.8, 4) is 0 Å². The molecule has 2 fully saturated rings. The van der Waals surface area contributed by atoms with Crippen molar-refractivity contribution in [2.75, 3.05) is 13.2 Å². The van der Waals surface area contributed by atoms with E-state index in [1.165, 1.54) is 25.7 Å². The van der Waals surface area contributed by atoms with E-state index in [1.54, 1.807) is 0 Å². The number of nitrogens with one attached hydrogen (secondary N) is 1. The average molecular weight is 225 g/mol. The molecule has 0 amide bonds. The molecule has 0 aromatic rings. The number of hydrogen-bond donors (Lipinski definition) is 1. The molecule has 2 aliphatic rings. The van der Waals surface area contributed by atoms with Crippen LogP contribution in [0.25, 0.3) is 0 Å². The Morgan fingerprint density at radius 3 is 2.19 bits per heavy atom. The van der Waals surface area contributed by atoms with Gasteiger partial charge in [-0.15, -0.1) is 0 Å². The molecule has 0 bridgehead atoms. The second-order valence-corrected chi connectivity index (χ2v) is 6.08. The van der Waals surface area contributed by atoms with Gasteiger partial charge in [0.05, 0.1) is 0 Å². The van der Waals surface area contributed by atoms with Gasteiger partial charge in [-0.3, -0.25) is 0 Å². The van der Waals surface area contributed by atoms with E-state index in [9.17, 15) is 0 Å². The van der Waals surface area contributed by atoms with E-state index in [0.717, 1.165) is 37.0 Å². The third kappa shape index (κ3) is 2.98. The van der Waals surface area contributed by atoms with Crippen LogP contribution in [0.15, 0.2) is 0 Å². The highest BCUT2D eigenvalue weighted by Crippen LogP contribution is 2.34. The second-order valence-electron chi connectivity index (χ2n) is 6.08. The molecule has 0 radical (unpaired) electrons. The minimum Gasteiger partial charge on any atom is -0.381 e. The van der Waals surface area contributed by atoms with Crippen molar-refractivity contribution >= 4 is 0 Å². The molecule has 2 nitrogen and oxygen atoms in total. The smallest absolute Gasteiger partial charge is 0.0469 e. The van der Waals surface area contributed by atoms with Gasteiger partial charge in [0.2, 0.25) is 0 Å². The van der Waals surface area contributed by atoms with E-state index >= 15 is 0 Å². The summed E-state index contributed by atoms with van der Waals surface area (Å²) in [7, 11) is 0.